The van der Waals surface area contributed by atoms with Crippen LogP contribution in [0.25, 0.3) is 0 Å². The third kappa shape index (κ3) is 4.28. The van der Waals surface area contributed by atoms with Crippen molar-refractivity contribution in [3.63, 3.8) is 0 Å². The third-order valence-electron chi connectivity index (χ3n) is 5.00. The Balaban J connectivity index is 1.72. The fraction of sp³-hybridized carbons (Fsp3) is 0.500. The molecule has 5 heteroatoms. The first kappa shape index (κ1) is 17.7. The molecule has 0 bridgehead atoms. The molecule has 25 heavy (non-hydrogen) atoms. The van der Waals surface area contributed by atoms with Crippen molar-refractivity contribution in [2.75, 3.05) is 20.1 Å². The predicted molar refractivity (Wildman–Crippen MR) is 99.1 cm³/mol. The van der Waals surface area contributed by atoms with Gasteiger partial charge in [-0.2, -0.15) is 0 Å². The van der Waals surface area contributed by atoms with Crippen LogP contribution in [0.15, 0.2) is 42.7 Å². The number of aromatic nitrogens is 2. The molecule has 0 saturated carbocycles. The molecular formula is C20H28N4O. The Morgan fingerprint density at radius 2 is 1.96 bits per heavy atom. The fourth-order valence-corrected chi connectivity index (χ4v) is 3.45. The largest absolute Gasteiger partial charge is 0.343 e. The minimum absolute atomic E-state index is 0.0134. The molecule has 1 aromatic heterocycles. The summed E-state index contributed by atoms with van der Waals surface area (Å²) in [6.45, 7) is 5.43. The Bertz CT molecular complexity index is 682. The molecule has 1 aliphatic rings. The molecule has 1 amide bonds. The van der Waals surface area contributed by atoms with Crippen molar-refractivity contribution < 1.29 is 4.79 Å². The number of hydrogen-bond donors (Lipinski definition) is 0. The van der Waals surface area contributed by atoms with Gasteiger partial charge < -0.3 is 9.47 Å². The number of rotatable bonds is 7. The van der Waals surface area contributed by atoms with Crippen molar-refractivity contribution >= 4 is 5.91 Å². The summed E-state index contributed by atoms with van der Waals surface area (Å²) < 4.78 is 2.19. The van der Waals surface area contributed by atoms with Crippen LogP contribution in [0.5, 0.6) is 0 Å². The van der Waals surface area contributed by atoms with Gasteiger partial charge in [0.2, 0.25) is 5.91 Å². The fourth-order valence-electron chi connectivity index (χ4n) is 3.45. The zero-order valence-electron chi connectivity index (χ0n) is 15.3. The SMILES string of the molecule is CCCC[C@@H]1C(=O)N(C)CCN1Cc1nccn1Cc1ccccc1. The van der Waals surface area contributed by atoms with Gasteiger partial charge in [-0.1, -0.05) is 50.1 Å². The summed E-state index contributed by atoms with van der Waals surface area (Å²) in [6, 6.07) is 10.4. The smallest absolute Gasteiger partial charge is 0.239 e. The molecule has 0 N–H and O–H groups in total. The van der Waals surface area contributed by atoms with Crippen LogP contribution >= 0.6 is 0 Å². The topological polar surface area (TPSA) is 41.4 Å². The zero-order valence-corrected chi connectivity index (χ0v) is 15.3. The van der Waals surface area contributed by atoms with Gasteiger partial charge in [0.25, 0.3) is 0 Å². The Morgan fingerprint density at radius 3 is 2.72 bits per heavy atom. The van der Waals surface area contributed by atoms with E-state index in [9.17, 15) is 4.79 Å². The highest BCUT2D eigenvalue weighted by molar-refractivity contribution is 5.82. The van der Waals surface area contributed by atoms with Crippen LogP contribution in [0.1, 0.15) is 37.6 Å². The van der Waals surface area contributed by atoms with E-state index < -0.39 is 0 Å². The van der Waals surface area contributed by atoms with Crippen LogP contribution in [0.3, 0.4) is 0 Å². The minimum Gasteiger partial charge on any atom is -0.343 e. The van der Waals surface area contributed by atoms with Crippen molar-refractivity contribution in [1.29, 1.82) is 0 Å². The first-order chi connectivity index (χ1) is 12.2. The van der Waals surface area contributed by atoms with Crippen LogP contribution in [0.2, 0.25) is 0 Å². The molecule has 1 atom stereocenters. The van der Waals surface area contributed by atoms with Crippen LogP contribution in [0.4, 0.5) is 0 Å². The predicted octanol–water partition coefficient (Wildman–Crippen LogP) is 2.76. The molecule has 0 aliphatic carbocycles. The molecule has 0 spiro atoms. The van der Waals surface area contributed by atoms with E-state index in [1.165, 1.54) is 5.56 Å². The third-order valence-corrected chi connectivity index (χ3v) is 5.00. The van der Waals surface area contributed by atoms with Gasteiger partial charge in [-0.3, -0.25) is 9.69 Å². The molecule has 1 aliphatic heterocycles. The van der Waals surface area contributed by atoms with E-state index in [0.29, 0.717) is 0 Å². The average molecular weight is 340 g/mol. The number of imidazole rings is 1. The summed E-state index contributed by atoms with van der Waals surface area (Å²) in [5, 5.41) is 0. The summed E-state index contributed by atoms with van der Waals surface area (Å²) in [4.78, 5) is 21.3. The van der Waals surface area contributed by atoms with Gasteiger partial charge in [0, 0.05) is 39.1 Å². The van der Waals surface area contributed by atoms with Gasteiger partial charge in [-0.15, -0.1) is 0 Å². The number of amides is 1. The number of carbonyl (C=O) groups is 1. The lowest BCUT2D eigenvalue weighted by Gasteiger charge is -2.39. The quantitative estimate of drug-likeness (QED) is 0.778. The summed E-state index contributed by atoms with van der Waals surface area (Å²) >= 11 is 0. The highest BCUT2D eigenvalue weighted by Gasteiger charge is 2.32. The molecule has 5 nitrogen and oxygen atoms in total. The molecule has 1 fully saturated rings. The maximum absolute atomic E-state index is 12.6. The second-order valence-electron chi connectivity index (χ2n) is 6.85. The van der Waals surface area contributed by atoms with E-state index in [1.807, 2.05) is 30.4 Å². The number of unbranched alkanes of at least 4 members (excludes halogenated alkanes) is 1. The van der Waals surface area contributed by atoms with Crippen LogP contribution < -0.4 is 0 Å². The Kier molecular flexibility index (Phi) is 5.87. The lowest BCUT2D eigenvalue weighted by atomic mass is 10.0. The van der Waals surface area contributed by atoms with Crippen molar-refractivity contribution in [3.8, 4) is 0 Å². The monoisotopic (exact) mass is 340 g/mol. The summed E-state index contributed by atoms with van der Waals surface area (Å²) in [5.41, 5.74) is 1.26. The molecule has 2 aromatic rings. The Hall–Kier alpha value is -2.14. The van der Waals surface area contributed by atoms with E-state index in [0.717, 1.165) is 51.3 Å². The molecule has 2 heterocycles. The molecular weight excluding hydrogens is 312 g/mol. The van der Waals surface area contributed by atoms with Gasteiger partial charge >= 0.3 is 0 Å². The van der Waals surface area contributed by atoms with Crippen molar-refractivity contribution in [2.24, 2.45) is 0 Å². The summed E-state index contributed by atoms with van der Waals surface area (Å²) in [5.74, 6) is 1.28. The number of likely N-dealkylation sites (N-methyl/N-ethyl adjacent to an activating group) is 1. The molecule has 1 saturated heterocycles. The lowest BCUT2D eigenvalue weighted by Crippen LogP contribution is -2.55. The minimum atomic E-state index is -0.0134. The number of carbonyl (C=O) groups excluding carboxylic acids is 1. The maximum atomic E-state index is 12.6. The second-order valence-corrected chi connectivity index (χ2v) is 6.85. The highest BCUT2D eigenvalue weighted by Crippen LogP contribution is 2.19. The van der Waals surface area contributed by atoms with E-state index in [-0.39, 0.29) is 11.9 Å². The van der Waals surface area contributed by atoms with Crippen LogP contribution in [-0.4, -0.2) is 51.4 Å². The molecule has 3 rings (SSSR count). The van der Waals surface area contributed by atoms with E-state index in [1.54, 1.807) is 0 Å². The lowest BCUT2D eigenvalue weighted by molar-refractivity contribution is -0.141. The highest BCUT2D eigenvalue weighted by atomic mass is 16.2. The van der Waals surface area contributed by atoms with Gasteiger partial charge in [0.1, 0.15) is 5.82 Å². The standard InChI is InChI=1S/C20H28N4O/c1-3-4-10-18-20(25)22(2)13-14-23(18)16-19-21-11-12-24(19)15-17-8-6-5-7-9-17/h5-9,11-12,18H,3-4,10,13-16H2,1-2H3/t18-/m1/s1. The van der Waals surface area contributed by atoms with E-state index in [4.69, 9.17) is 0 Å². The summed E-state index contributed by atoms with van der Waals surface area (Å²) in [7, 11) is 1.91. The van der Waals surface area contributed by atoms with E-state index in [2.05, 4.69) is 45.6 Å². The average Bonchev–Trinajstić information content (AvgIpc) is 3.05. The van der Waals surface area contributed by atoms with Crippen LogP contribution in [0, 0.1) is 0 Å². The molecule has 134 valence electrons. The maximum Gasteiger partial charge on any atom is 0.239 e. The van der Waals surface area contributed by atoms with Gasteiger partial charge in [0.15, 0.2) is 0 Å². The molecule has 1 aromatic carbocycles. The van der Waals surface area contributed by atoms with Crippen molar-refractivity contribution in [1.82, 2.24) is 19.4 Å². The Labute approximate surface area is 150 Å². The number of benzene rings is 1. The number of hydrogen-bond acceptors (Lipinski definition) is 3. The van der Waals surface area contributed by atoms with Gasteiger partial charge in [-0.25, -0.2) is 4.98 Å². The van der Waals surface area contributed by atoms with E-state index >= 15 is 0 Å². The first-order valence-electron chi connectivity index (χ1n) is 9.22. The second kappa shape index (κ2) is 8.30. The van der Waals surface area contributed by atoms with Crippen molar-refractivity contribution in [3.05, 3.63) is 54.1 Å². The number of nitrogens with zero attached hydrogens (tertiary/aromatic N) is 4. The van der Waals surface area contributed by atoms with Gasteiger partial charge in [-0.05, 0) is 12.0 Å². The van der Waals surface area contributed by atoms with Crippen molar-refractivity contribution in [2.45, 2.75) is 45.3 Å². The Morgan fingerprint density at radius 1 is 1.16 bits per heavy atom. The first-order valence-corrected chi connectivity index (χ1v) is 9.22. The normalized spacial score (nSPS) is 18.7. The number of piperazine rings is 1. The molecule has 0 unspecified atom stereocenters. The molecule has 0 radical (unpaired) electrons. The summed E-state index contributed by atoms with van der Waals surface area (Å²) in [6.07, 6.45) is 7.01. The van der Waals surface area contributed by atoms with Gasteiger partial charge in [0.05, 0.1) is 12.6 Å². The zero-order chi connectivity index (χ0) is 17.6. The van der Waals surface area contributed by atoms with Crippen LogP contribution in [-0.2, 0) is 17.9 Å².